The number of likely N-dealkylation sites (tertiary alicyclic amines) is 1. The van der Waals surface area contributed by atoms with Gasteiger partial charge in [-0.3, -0.25) is 19.5 Å². The van der Waals surface area contributed by atoms with Crippen LogP contribution in [-0.2, 0) is 14.3 Å². The molecular weight excluding hydrogens is 458 g/mol. The summed E-state index contributed by atoms with van der Waals surface area (Å²) in [6.45, 7) is 11.0. The van der Waals surface area contributed by atoms with Crippen molar-refractivity contribution >= 4 is 17.4 Å². The number of aliphatic hydroxyl groups is 1. The standard InChI is InChI=1S/C28H35N3O5/c1-19(2)18-36-23-6-5-22(17-20(23)3)26(32)24-25(21-7-9-29-10-8-21)31(28(34)27(24)33)12-4-11-30-13-15-35-16-14-30/h5-10,17,19,25,32H,4,11-16,18H2,1-3H3/t25-/m0/s1. The van der Waals surface area contributed by atoms with E-state index in [0.29, 0.717) is 37.8 Å². The van der Waals surface area contributed by atoms with Crippen molar-refractivity contribution in [3.8, 4) is 5.75 Å². The van der Waals surface area contributed by atoms with E-state index in [0.717, 1.165) is 42.9 Å². The smallest absolute Gasteiger partial charge is 0.295 e. The van der Waals surface area contributed by atoms with Gasteiger partial charge in [0.1, 0.15) is 11.5 Å². The maximum atomic E-state index is 13.2. The molecule has 1 atom stereocenters. The van der Waals surface area contributed by atoms with Crippen molar-refractivity contribution in [2.75, 3.05) is 46.0 Å². The second-order valence-electron chi connectivity index (χ2n) is 9.77. The predicted molar refractivity (Wildman–Crippen MR) is 137 cm³/mol. The van der Waals surface area contributed by atoms with Gasteiger partial charge in [0.05, 0.1) is 31.4 Å². The molecule has 1 amide bonds. The summed E-state index contributed by atoms with van der Waals surface area (Å²) < 4.78 is 11.3. The third-order valence-corrected chi connectivity index (χ3v) is 6.56. The molecule has 1 N–H and O–H groups in total. The number of carbonyl (C=O) groups is 2. The van der Waals surface area contributed by atoms with Crippen LogP contribution in [0.15, 0.2) is 48.3 Å². The van der Waals surface area contributed by atoms with Crippen LogP contribution in [-0.4, -0.2) is 77.6 Å². The van der Waals surface area contributed by atoms with Crippen LogP contribution in [0, 0.1) is 12.8 Å². The predicted octanol–water partition coefficient (Wildman–Crippen LogP) is 3.57. The molecule has 0 bridgehead atoms. The molecule has 4 rings (SSSR count). The van der Waals surface area contributed by atoms with Gasteiger partial charge in [-0.25, -0.2) is 0 Å². The number of amides is 1. The third-order valence-electron chi connectivity index (χ3n) is 6.56. The fourth-order valence-electron chi connectivity index (χ4n) is 4.66. The first-order valence-electron chi connectivity index (χ1n) is 12.6. The Bertz CT molecular complexity index is 1110. The number of pyridine rings is 1. The molecule has 2 aromatic rings. The van der Waals surface area contributed by atoms with Gasteiger partial charge in [0, 0.05) is 44.1 Å². The molecule has 2 aliphatic heterocycles. The van der Waals surface area contributed by atoms with E-state index in [9.17, 15) is 14.7 Å². The summed E-state index contributed by atoms with van der Waals surface area (Å²) in [5, 5.41) is 11.3. The lowest BCUT2D eigenvalue weighted by Gasteiger charge is -2.29. The highest BCUT2D eigenvalue weighted by Crippen LogP contribution is 2.39. The number of aryl methyl sites for hydroxylation is 1. The number of morpholine rings is 1. The molecule has 36 heavy (non-hydrogen) atoms. The fraction of sp³-hybridized carbons (Fsp3) is 0.464. The summed E-state index contributed by atoms with van der Waals surface area (Å²) in [5.74, 6) is -0.316. The number of hydrogen-bond donors (Lipinski definition) is 1. The number of benzene rings is 1. The highest BCUT2D eigenvalue weighted by atomic mass is 16.5. The van der Waals surface area contributed by atoms with Crippen LogP contribution < -0.4 is 4.74 Å². The van der Waals surface area contributed by atoms with Crippen molar-refractivity contribution in [3.05, 3.63) is 65.0 Å². The van der Waals surface area contributed by atoms with Crippen LogP contribution in [0.4, 0.5) is 0 Å². The lowest BCUT2D eigenvalue weighted by Crippen LogP contribution is -2.38. The largest absolute Gasteiger partial charge is 0.507 e. The average Bonchev–Trinajstić information content (AvgIpc) is 3.13. The van der Waals surface area contributed by atoms with Gasteiger partial charge in [-0.1, -0.05) is 13.8 Å². The van der Waals surface area contributed by atoms with E-state index in [2.05, 4.69) is 23.7 Å². The van der Waals surface area contributed by atoms with Crippen LogP contribution in [0.1, 0.15) is 43.0 Å². The lowest BCUT2D eigenvalue weighted by molar-refractivity contribution is -0.140. The SMILES string of the molecule is Cc1cc(C(O)=C2C(=O)C(=O)N(CCCN3CCOCC3)[C@H]2c2ccncc2)ccc1OCC(C)C. The summed E-state index contributed by atoms with van der Waals surface area (Å²) in [6, 6.07) is 8.22. The molecule has 3 heterocycles. The Hall–Kier alpha value is -3.23. The van der Waals surface area contributed by atoms with E-state index in [-0.39, 0.29) is 11.3 Å². The molecule has 0 unspecified atom stereocenters. The van der Waals surface area contributed by atoms with Gasteiger partial charge in [-0.15, -0.1) is 0 Å². The van der Waals surface area contributed by atoms with E-state index >= 15 is 0 Å². The van der Waals surface area contributed by atoms with Crippen molar-refractivity contribution < 1.29 is 24.2 Å². The fourth-order valence-corrected chi connectivity index (χ4v) is 4.66. The number of rotatable bonds is 9. The van der Waals surface area contributed by atoms with Gasteiger partial charge in [-0.2, -0.15) is 0 Å². The number of hydrogen-bond acceptors (Lipinski definition) is 7. The van der Waals surface area contributed by atoms with Gasteiger partial charge in [0.15, 0.2) is 0 Å². The van der Waals surface area contributed by atoms with Crippen LogP contribution in [0.2, 0.25) is 0 Å². The van der Waals surface area contributed by atoms with E-state index in [1.54, 1.807) is 47.6 Å². The number of ether oxygens (including phenoxy) is 2. The first-order chi connectivity index (χ1) is 17.4. The highest BCUT2D eigenvalue weighted by Gasteiger charge is 2.45. The van der Waals surface area contributed by atoms with Crippen LogP contribution >= 0.6 is 0 Å². The van der Waals surface area contributed by atoms with Crippen LogP contribution in [0.25, 0.3) is 5.76 Å². The minimum absolute atomic E-state index is 0.104. The van der Waals surface area contributed by atoms with Gasteiger partial charge in [0.25, 0.3) is 11.7 Å². The summed E-state index contributed by atoms with van der Waals surface area (Å²) in [5.41, 5.74) is 2.17. The van der Waals surface area contributed by atoms with Crippen molar-refractivity contribution in [2.24, 2.45) is 5.92 Å². The highest BCUT2D eigenvalue weighted by molar-refractivity contribution is 6.46. The van der Waals surface area contributed by atoms with Crippen molar-refractivity contribution in [2.45, 2.75) is 33.2 Å². The Kier molecular flexibility index (Phi) is 8.38. The maximum Gasteiger partial charge on any atom is 0.295 e. The normalized spacial score (nSPS) is 20.3. The van der Waals surface area contributed by atoms with Crippen LogP contribution in [0.5, 0.6) is 5.75 Å². The summed E-state index contributed by atoms with van der Waals surface area (Å²) >= 11 is 0. The maximum absolute atomic E-state index is 13.2. The van der Waals surface area contributed by atoms with Crippen molar-refractivity contribution in [1.29, 1.82) is 0 Å². The molecular formula is C28H35N3O5. The molecule has 8 nitrogen and oxygen atoms in total. The van der Waals surface area contributed by atoms with Gasteiger partial charge < -0.3 is 19.5 Å². The molecule has 0 saturated carbocycles. The number of carbonyl (C=O) groups excluding carboxylic acids is 2. The molecule has 192 valence electrons. The monoisotopic (exact) mass is 493 g/mol. The van der Waals surface area contributed by atoms with E-state index in [1.165, 1.54) is 0 Å². The number of nitrogens with zero attached hydrogens (tertiary/aromatic N) is 3. The summed E-state index contributed by atoms with van der Waals surface area (Å²) in [7, 11) is 0. The number of ketones is 1. The third kappa shape index (κ3) is 5.77. The number of aliphatic hydroxyl groups excluding tert-OH is 1. The van der Waals surface area contributed by atoms with E-state index < -0.39 is 17.7 Å². The molecule has 1 aromatic carbocycles. The number of Topliss-reactive ketones (excluding diaryl/α,β-unsaturated/α-hetero) is 1. The molecule has 2 saturated heterocycles. The molecule has 2 aliphatic rings. The zero-order valence-electron chi connectivity index (χ0n) is 21.3. The minimum atomic E-state index is -0.671. The Morgan fingerprint density at radius 3 is 2.53 bits per heavy atom. The average molecular weight is 494 g/mol. The Labute approximate surface area is 212 Å². The summed E-state index contributed by atoms with van der Waals surface area (Å²) in [4.78, 5) is 34.3. The molecule has 2 fully saturated rings. The lowest BCUT2D eigenvalue weighted by atomic mass is 9.95. The van der Waals surface area contributed by atoms with Crippen molar-refractivity contribution in [3.63, 3.8) is 0 Å². The van der Waals surface area contributed by atoms with Gasteiger partial charge in [0.2, 0.25) is 0 Å². The quantitative estimate of drug-likeness (QED) is 0.324. The topological polar surface area (TPSA) is 92.2 Å². The molecule has 0 aliphatic carbocycles. The Balaban J connectivity index is 1.63. The summed E-state index contributed by atoms with van der Waals surface area (Å²) in [6.07, 6.45) is 3.98. The first-order valence-corrected chi connectivity index (χ1v) is 12.6. The zero-order valence-corrected chi connectivity index (χ0v) is 21.3. The molecule has 1 aromatic heterocycles. The zero-order chi connectivity index (χ0) is 25.7. The van der Waals surface area contributed by atoms with E-state index in [1.807, 2.05) is 6.92 Å². The Morgan fingerprint density at radius 2 is 1.86 bits per heavy atom. The minimum Gasteiger partial charge on any atom is -0.507 e. The van der Waals surface area contributed by atoms with E-state index in [4.69, 9.17) is 9.47 Å². The second kappa shape index (κ2) is 11.7. The Morgan fingerprint density at radius 1 is 1.14 bits per heavy atom. The number of aromatic nitrogens is 1. The van der Waals surface area contributed by atoms with Crippen molar-refractivity contribution in [1.82, 2.24) is 14.8 Å². The molecule has 0 radical (unpaired) electrons. The van der Waals surface area contributed by atoms with Crippen LogP contribution in [0.3, 0.4) is 0 Å². The molecule has 8 heteroatoms. The molecule has 0 spiro atoms. The van der Waals surface area contributed by atoms with Gasteiger partial charge >= 0.3 is 0 Å². The van der Waals surface area contributed by atoms with Gasteiger partial charge in [-0.05, 0) is 60.7 Å². The first kappa shape index (κ1) is 25.9. The second-order valence-corrected chi connectivity index (χ2v) is 9.77.